The Morgan fingerprint density at radius 1 is 1.53 bits per heavy atom. The van der Waals surface area contributed by atoms with Crippen LogP contribution in [0.5, 0.6) is 0 Å². The Bertz CT molecular complexity index is 444. The molecule has 6 nitrogen and oxygen atoms in total. The summed E-state index contributed by atoms with van der Waals surface area (Å²) in [5.41, 5.74) is 7.15. The highest BCUT2D eigenvalue weighted by atomic mass is 32.2. The van der Waals surface area contributed by atoms with Gasteiger partial charge in [0.1, 0.15) is 5.82 Å². The van der Waals surface area contributed by atoms with Gasteiger partial charge in [0.05, 0.1) is 5.75 Å². The van der Waals surface area contributed by atoms with Gasteiger partial charge in [-0.25, -0.2) is 18.5 Å². The average molecular weight is 230 g/mol. The molecule has 0 bridgehead atoms. The minimum Gasteiger partial charge on any atom is -0.398 e. The maximum Gasteiger partial charge on any atom is 0.210 e. The molecular formula is C8H14N4O2S. The van der Waals surface area contributed by atoms with Crippen LogP contribution in [0.25, 0.3) is 0 Å². The van der Waals surface area contributed by atoms with E-state index in [2.05, 4.69) is 10.3 Å². The summed E-state index contributed by atoms with van der Waals surface area (Å²) < 4.78 is 21.3. The normalized spacial score (nSPS) is 11.3. The highest BCUT2D eigenvalue weighted by Crippen LogP contribution is 2.12. The summed E-state index contributed by atoms with van der Waals surface area (Å²) in [5.74, 6) is 0.407. The number of aromatic nitrogens is 1. The van der Waals surface area contributed by atoms with Crippen LogP contribution >= 0.6 is 0 Å². The second kappa shape index (κ2) is 4.45. The van der Waals surface area contributed by atoms with E-state index >= 15 is 0 Å². The Hall–Kier alpha value is -1.34. The average Bonchev–Trinajstić information content (AvgIpc) is 2.09. The molecular weight excluding hydrogens is 216 g/mol. The molecule has 0 saturated carbocycles. The van der Waals surface area contributed by atoms with Crippen LogP contribution in [-0.4, -0.2) is 25.7 Å². The van der Waals surface area contributed by atoms with Crippen LogP contribution in [0, 0.1) is 6.92 Å². The first-order valence-electron chi connectivity index (χ1n) is 4.35. The van der Waals surface area contributed by atoms with Gasteiger partial charge in [-0.1, -0.05) is 0 Å². The molecule has 0 aromatic carbocycles. The summed E-state index contributed by atoms with van der Waals surface area (Å²) >= 11 is 0. The molecule has 1 aromatic rings. The van der Waals surface area contributed by atoms with Gasteiger partial charge in [0.15, 0.2) is 0 Å². The second-order valence-electron chi connectivity index (χ2n) is 3.22. The van der Waals surface area contributed by atoms with E-state index in [9.17, 15) is 8.42 Å². The van der Waals surface area contributed by atoms with Gasteiger partial charge in [-0.2, -0.15) is 0 Å². The molecule has 0 saturated heterocycles. The third-order valence-corrected chi connectivity index (χ3v) is 2.61. The Morgan fingerprint density at radius 3 is 2.73 bits per heavy atom. The van der Waals surface area contributed by atoms with Crippen LogP contribution in [0.1, 0.15) is 5.56 Å². The fourth-order valence-electron chi connectivity index (χ4n) is 0.957. The summed E-state index contributed by atoms with van der Waals surface area (Å²) in [6.45, 7) is 2.06. The second-order valence-corrected chi connectivity index (χ2v) is 4.95. The van der Waals surface area contributed by atoms with E-state index in [1.807, 2.05) is 6.92 Å². The molecule has 0 aliphatic carbocycles. The Labute approximate surface area is 88.7 Å². The number of nitrogens with zero attached hydrogens (tertiary/aromatic N) is 1. The molecule has 0 amide bonds. The first-order valence-corrected chi connectivity index (χ1v) is 6.06. The van der Waals surface area contributed by atoms with Crippen LogP contribution < -0.4 is 16.2 Å². The number of aryl methyl sites for hydroxylation is 1. The monoisotopic (exact) mass is 230 g/mol. The maximum atomic E-state index is 10.6. The number of rotatable bonds is 4. The van der Waals surface area contributed by atoms with Crippen molar-refractivity contribution in [3.63, 3.8) is 0 Å². The van der Waals surface area contributed by atoms with E-state index in [1.165, 1.54) is 0 Å². The van der Waals surface area contributed by atoms with Gasteiger partial charge < -0.3 is 11.1 Å². The largest absolute Gasteiger partial charge is 0.398 e. The van der Waals surface area contributed by atoms with E-state index in [0.717, 1.165) is 5.56 Å². The Kier molecular flexibility index (Phi) is 3.48. The zero-order valence-electron chi connectivity index (χ0n) is 8.40. The van der Waals surface area contributed by atoms with Crippen LogP contribution in [-0.2, 0) is 10.0 Å². The van der Waals surface area contributed by atoms with E-state index < -0.39 is 10.0 Å². The van der Waals surface area contributed by atoms with Crippen LogP contribution in [0.4, 0.5) is 11.5 Å². The number of sulfonamides is 1. The summed E-state index contributed by atoms with van der Waals surface area (Å²) in [5, 5.41) is 7.66. The molecule has 15 heavy (non-hydrogen) atoms. The summed E-state index contributed by atoms with van der Waals surface area (Å²) in [6.07, 6.45) is 1.62. The van der Waals surface area contributed by atoms with Crippen LogP contribution in [0.2, 0.25) is 0 Å². The molecule has 0 radical (unpaired) electrons. The molecule has 0 atom stereocenters. The molecule has 1 heterocycles. The smallest absolute Gasteiger partial charge is 0.210 e. The number of primary sulfonamides is 1. The van der Waals surface area contributed by atoms with Crippen LogP contribution in [0.15, 0.2) is 12.3 Å². The number of nitrogens with two attached hydrogens (primary N) is 2. The molecule has 1 rings (SSSR count). The fraction of sp³-hybridized carbons (Fsp3) is 0.375. The predicted octanol–water partition coefficient (Wildman–Crippen LogP) is -0.327. The van der Waals surface area contributed by atoms with Gasteiger partial charge in [0, 0.05) is 24.5 Å². The van der Waals surface area contributed by atoms with Crippen LogP contribution in [0.3, 0.4) is 0 Å². The van der Waals surface area contributed by atoms with Crippen molar-refractivity contribution in [3.8, 4) is 0 Å². The van der Waals surface area contributed by atoms with Gasteiger partial charge in [-0.05, 0) is 12.5 Å². The number of nitrogen functional groups attached to an aromatic ring is 1. The number of hydrogen-bond donors (Lipinski definition) is 3. The molecule has 0 aliphatic heterocycles. The third kappa shape index (κ3) is 4.13. The van der Waals surface area contributed by atoms with Crippen molar-refractivity contribution in [1.29, 1.82) is 0 Å². The van der Waals surface area contributed by atoms with Gasteiger partial charge in [-0.3, -0.25) is 0 Å². The highest BCUT2D eigenvalue weighted by molar-refractivity contribution is 7.89. The predicted molar refractivity (Wildman–Crippen MR) is 59.9 cm³/mol. The summed E-state index contributed by atoms with van der Waals surface area (Å²) in [6, 6.07) is 1.65. The summed E-state index contributed by atoms with van der Waals surface area (Å²) in [7, 11) is -3.43. The standard InChI is InChI=1S/C8H14N4O2S/c1-6-5-12-8(4-7(6)9)11-2-3-15(10,13)14/h4-5H,2-3H2,1H3,(H3,9,11,12)(H2,10,13,14). The number of hydrogen-bond acceptors (Lipinski definition) is 5. The molecule has 84 valence electrons. The van der Waals surface area contributed by atoms with Crippen molar-refractivity contribution >= 4 is 21.5 Å². The van der Waals surface area contributed by atoms with E-state index in [0.29, 0.717) is 11.5 Å². The van der Waals surface area contributed by atoms with Gasteiger partial charge in [0.25, 0.3) is 0 Å². The van der Waals surface area contributed by atoms with Gasteiger partial charge in [-0.15, -0.1) is 0 Å². The van der Waals surface area contributed by atoms with Gasteiger partial charge >= 0.3 is 0 Å². The molecule has 7 heteroatoms. The molecule has 0 spiro atoms. The summed E-state index contributed by atoms with van der Waals surface area (Å²) in [4.78, 5) is 4.03. The van der Waals surface area contributed by atoms with E-state index in [1.54, 1.807) is 12.3 Å². The SMILES string of the molecule is Cc1cnc(NCCS(N)(=O)=O)cc1N. The van der Waals surface area contributed by atoms with Crippen molar-refractivity contribution in [3.05, 3.63) is 17.8 Å². The number of nitrogens with one attached hydrogen (secondary N) is 1. The zero-order chi connectivity index (χ0) is 11.5. The lowest BCUT2D eigenvalue weighted by atomic mass is 10.2. The lowest BCUT2D eigenvalue weighted by Gasteiger charge is -2.06. The Morgan fingerprint density at radius 2 is 2.20 bits per heavy atom. The maximum absolute atomic E-state index is 10.6. The van der Waals surface area contributed by atoms with Crippen molar-refractivity contribution in [2.75, 3.05) is 23.3 Å². The van der Waals surface area contributed by atoms with E-state index in [-0.39, 0.29) is 12.3 Å². The Balaban J connectivity index is 2.55. The molecule has 0 aliphatic rings. The quantitative estimate of drug-likeness (QED) is 0.656. The first kappa shape index (κ1) is 11.7. The molecule has 1 aromatic heterocycles. The van der Waals surface area contributed by atoms with Crippen molar-refractivity contribution in [2.24, 2.45) is 5.14 Å². The zero-order valence-corrected chi connectivity index (χ0v) is 9.21. The highest BCUT2D eigenvalue weighted by Gasteiger charge is 2.02. The van der Waals surface area contributed by atoms with E-state index in [4.69, 9.17) is 10.9 Å². The number of pyridine rings is 1. The minimum absolute atomic E-state index is 0.136. The minimum atomic E-state index is -3.43. The van der Waals surface area contributed by atoms with Gasteiger partial charge in [0.2, 0.25) is 10.0 Å². The van der Waals surface area contributed by atoms with Crippen molar-refractivity contribution < 1.29 is 8.42 Å². The molecule has 0 fully saturated rings. The fourth-order valence-corrected chi connectivity index (χ4v) is 1.34. The first-order chi connectivity index (χ1) is 6.88. The molecule has 5 N–H and O–H groups in total. The third-order valence-electron chi connectivity index (χ3n) is 1.84. The topological polar surface area (TPSA) is 111 Å². The lowest BCUT2D eigenvalue weighted by Crippen LogP contribution is -2.22. The van der Waals surface area contributed by atoms with Crippen molar-refractivity contribution in [2.45, 2.75) is 6.92 Å². The molecule has 0 unspecified atom stereocenters. The number of anilines is 2. The van der Waals surface area contributed by atoms with Crippen molar-refractivity contribution in [1.82, 2.24) is 4.98 Å². The lowest BCUT2D eigenvalue weighted by molar-refractivity contribution is 0.598.